The first-order valence-electron chi connectivity index (χ1n) is 8.68. The second-order valence-electron chi connectivity index (χ2n) is 6.32. The molecule has 0 aliphatic rings. The topological polar surface area (TPSA) is 42.2 Å². The number of rotatable bonds is 6. The number of aldehydes is 1. The molecule has 0 aliphatic heterocycles. The molecule has 0 aliphatic carbocycles. The fraction of sp³-hybridized carbons (Fsp3) is 0.0870. The van der Waals surface area contributed by atoms with Crippen LogP contribution < -0.4 is 5.32 Å². The van der Waals surface area contributed by atoms with Crippen molar-refractivity contribution in [2.75, 3.05) is 5.32 Å². The van der Waals surface area contributed by atoms with Crippen molar-refractivity contribution in [1.82, 2.24) is 0 Å². The highest BCUT2D eigenvalue weighted by Crippen LogP contribution is 2.26. The average molecular weight is 341 g/mol. The molecule has 4 rings (SSSR count). The van der Waals surface area contributed by atoms with Crippen molar-refractivity contribution in [3.8, 4) is 0 Å². The van der Waals surface area contributed by atoms with E-state index in [9.17, 15) is 4.79 Å². The summed E-state index contributed by atoms with van der Waals surface area (Å²) in [6.07, 6.45) is 4.47. The first-order valence-corrected chi connectivity index (χ1v) is 8.68. The average Bonchev–Trinajstić information content (AvgIpc) is 3.15. The van der Waals surface area contributed by atoms with E-state index in [4.69, 9.17) is 4.42 Å². The number of hydrogen-bond acceptors (Lipinski definition) is 3. The molecule has 1 heterocycles. The van der Waals surface area contributed by atoms with E-state index in [0.717, 1.165) is 41.5 Å². The van der Waals surface area contributed by atoms with Crippen molar-refractivity contribution in [2.45, 2.75) is 12.8 Å². The van der Waals surface area contributed by atoms with Gasteiger partial charge in [-0.05, 0) is 60.4 Å². The van der Waals surface area contributed by atoms with Gasteiger partial charge >= 0.3 is 0 Å². The second kappa shape index (κ2) is 7.28. The molecule has 0 atom stereocenters. The third-order valence-corrected chi connectivity index (χ3v) is 4.52. The molecule has 0 fully saturated rings. The lowest BCUT2D eigenvalue weighted by molar-refractivity contribution is 0.112. The molecule has 0 bridgehead atoms. The van der Waals surface area contributed by atoms with Gasteiger partial charge in [0.25, 0.3) is 0 Å². The van der Waals surface area contributed by atoms with Crippen LogP contribution in [-0.4, -0.2) is 6.29 Å². The molecular formula is C23H19NO2. The molecule has 0 spiro atoms. The van der Waals surface area contributed by atoms with Gasteiger partial charge in [-0.15, -0.1) is 0 Å². The smallest absolute Gasteiger partial charge is 0.152 e. The van der Waals surface area contributed by atoms with Crippen LogP contribution in [0.15, 0.2) is 83.5 Å². The summed E-state index contributed by atoms with van der Waals surface area (Å²) in [4.78, 5) is 11.4. The third kappa shape index (κ3) is 3.52. The zero-order valence-corrected chi connectivity index (χ0v) is 14.3. The number of carbonyl (C=O) groups is 1. The van der Waals surface area contributed by atoms with Crippen LogP contribution in [0, 0.1) is 0 Å². The molecule has 1 aromatic heterocycles. The van der Waals surface area contributed by atoms with Gasteiger partial charge in [0, 0.05) is 22.3 Å². The van der Waals surface area contributed by atoms with E-state index in [2.05, 4.69) is 35.6 Å². The Morgan fingerprint density at radius 1 is 0.846 bits per heavy atom. The number of aryl methyl sites for hydroxylation is 2. The van der Waals surface area contributed by atoms with Crippen LogP contribution in [0.3, 0.4) is 0 Å². The number of nitrogens with one attached hydrogen (secondary N) is 1. The molecule has 0 saturated carbocycles. The van der Waals surface area contributed by atoms with Crippen LogP contribution in [0.1, 0.15) is 21.5 Å². The van der Waals surface area contributed by atoms with Crippen LogP contribution in [0.25, 0.3) is 11.0 Å². The number of hydrogen-bond donors (Lipinski definition) is 1. The molecule has 3 aromatic carbocycles. The summed E-state index contributed by atoms with van der Waals surface area (Å²) >= 11 is 0. The van der Waals surface area contributed by atoms with Gasteiger partial charge in [-0.25, -0.2) is 0 Å². The SMILES string of the molecule is O=Cc1ccc(CCc2ccccc2)cc1Nc1ccc2occc2c1. The number of fused-ring (bicyclic) bond motifs is 1. The quantitative estimate of drug-likeness (QED) is 0.452. The van der Waals surface area contributed by atoms with Crippen molar-refractivity contribution in [1.29, 1.82) is 0 Å². The van der Waals surface area contributed by atoms with Crippen molar-refractivity contribution >= 4 is 28.6 Å². The van der Waals surface area contributed by atoms with Crippen LogP contribution in [0.5, 0.6) is 0 Å². The number of carbonyl (C=O) groups excluding carboxylic acids is 1. The van der Waals surface area contributed by atoms with E-state index in [1.165, 1.54) is 11.1 Å². The van der Waals surface area contributed by atoms with Gasteiger partial charge in [0.2, 0.25) is 0 Å². The van der Waals surface area contributed by atoms with Crippen LogP contribution in [0.2, 0.25) is 0 Å². The van der Waals surface area contributed by atoms with Gasteiger partial charge < -0.3 is 9.73 Å². The number of furan rings is 1. The minimum Gasteiger partial charge on any atom is -0.464 e. The fourth-order valence-electron chi connectivity index (χ4n) is 3.10. The second-order valence-corrected chi connectivity index (χ2v) is 6.32. The summed E-state index contributed by atoms with van der Waals surface area (Å²) in [7, 11) is 0. The van der Waals surface area contributed by atoms with Crippen LogP contribution in [0.4, 0.5) is 11.4 Å². The Kier molecular flexibility index (Phi) is 4.52. The summed E-state index contributed by atoms with van der Waals surface area (Å²) in [6, 6.07) is 24.2. The Morgan fingerprint density at radius 2 is 1.69 bits per heavy atom. The highest BCUT2D eigenvalue weighted by molar-refractivity contribution is 5.88. The van der Waals surface area contributed by atoms with Crippen LogP contribution in [-0.2, 0) is 12.8 Å². The van der Waals surface area contributed by atoms with Gasteiger partial charge in [0.05, 0.1) is 6.26 Å². The lowest BCUT2D eigenvalue weighted by Crippen LogP contribution is -1.98. The summed E-state index contributed by atoms with van der Waals surface area (Å²) in [5, 5.41) is 4.40. The predicted molar refractivity (Wildman–Crippen MR) is 105 cm³/mol. The monoisotopic (exact) mass is 341 g/mol. The molecule has 0 radical (unpaired) electrons. The summed E-state index contributed by atoms with van der Waals surface area (Å²) < 4.78 is 5.38. The minimum absolute atomic E-state index is 0.653. The summed E-state index contributed by atoms with van der Waals surface area (Å²) in [5.41, 5.74) is 5.78. The molecule has 0 amide bonds. The van der Waals surface area contributed by atoms with E-state index < -0.39 is 0 Å². The molecular weight excluding hydrogens is 322 g/mol. The third-order valence-electron chi connectivity index (χ3n) is 4.52. The van der Waals surface area contributed by atoms with E-state index in [1.807, 2.05) is 42.5 Å². The zero-order chi connectivity index (χ0) is 17.8. The molecule has 26 heavy (non-hydrogen) atoms. The van der Waals surface area contributed by atoms with E-state index in [1.54, 1.807) is 6.26 Å². The predicted octanol–water partition coefficient (Wildman–Crippen LogP) is 5.77. The normalized spacial score (nSPS) is 10.8. The number of benzene rings is 3. The molecule has 3 heteroatoms. The van der Waals surface area contributed by atoms with E-state index >= 15 is 0 Å². The van der Waals surface area contributed by atoms with Gasteiger partial charge in [-0.2, -0.15) is 0 Å². The Hall–Kier alpha value is -3.33. The lowest BCUT2D eigenvalue weighted by Gasteiger charge is -2.11. The molecule has 0 unspecified atom stereocenters. The first kappa shape index (κ1) is 16.2. The molecule has 4 aromatic rings. The number of anilines is 2. The maximum Gasteiger partial charge on any atom is 0.152 e. The lowest BCUT2D eigenvalue weighted by atomic mass is 10.0. The summed E-state index contributed by atoms with van der Waals surface area (Å²) in [5.74, 6) is 0. The Labute approximate surface area is 152 Å². The largest absolute Gasteiger partial charge is 0.464 e. The fourth-order valence-corrected chi connectivity index (χ4v) is 3.10. The molecule has 3 nitrogen and oxygen atoms in total. The van der Waals surface area contributed by atoms with Crippen molar-refractivity contribution in [3.63, 3.8) is 0 Å². The maximum absolute atomic E-state index is 11.4. The zero-order valence-electron chi connectivity index (χ0n) is 14.3. The molecule has 128 valence electrons. The van der Waals surface area contributed by atoms with Crippen molar-refractivity contribution < 1.29 is 9.21 Å². The van der Waals surface area contributed by atoms with Gasteiger partial charge in [0.15, 0.2) is 6.29 Å². The standard InChI is InChI=1S/C23H19NO2/c25-16-20-9-8-18(7-6-17-4-2-1-3-5-17)14-22(20)24-21-10-11-23-19(15-21)12-13-26-23/h1-5,8-16,24H,6-7H2. The van der Waals surface area contributed by atoms with Gasteiger partial charge in [-0.3, -0.25) is 4.79 Å². The van der Waals surface area contributed by atoms with E-state index in [0.29, 0.717) is 5.56 Å². The highest BCUT2D eigenvalue weighted by Gasteiger charge is 2.06. The van der Waals surface area contributed by atoms with Gasteiger partial charge in [0.1, 0.15) is 5.58 Å². The van der Waals surface area contributed by atoms with Crippen molar-refractivity contribution in [2.24, 2.45) is 0 Å². The highest BCUT2D eigenvalue weighted by atomic mass is 16.3. The Morgan fingerprint density at radius 3 is 2.54 bits per heavy atom. The first-order chi connectivity index (χ1) is 12.8. The molecule has 0 saturated heterocycles. The Bertz CT molecular complexity index is 1030. The molecule has 1 N–H and O–H groups in total. The minimum atomic E-state index is 0.653. The van der Waals surface area contributed by atoms with Crippen molar-refractivity contribution in [3.05, 3.63) is 95.7 Å². The van der Waals surface area contributed by atoms with Gasteiger partial charge in [-0.1, -0.05) is 36.4 Å². The maximum atomic E-state index is 11.4. The van der Waals surface area contributed by atoms with E-state index in [-0.39, 0.29) is 0 Å². The summed E-state index contributed by atoms with van der Waals surface area (Å²) in [6.45, 7) is 0. The van der Waals surface area contributed by atoms with Crippen LogP contribution >= 0.6 is 0 Å². The Balaban J connectivity index is 1.56.